The Bertz CT molecular complexity index is 301. The number of hydrogen-bond donors (Lipinski definition) is 2. The van der Waals surface area contributed by atoms with Crippen LogP contribution in [0.4, 0.5) is 0 Å². The van der Waals surface area contributed by atoms with Crippen LogP contribution < -0.4 is 0 Å². The lowest BCUT2D eigenvalue weighted by Crippen LogP contribution is -2.46. The minimum atomic E-state index is -0.701. The van der Waals surface area contributed by atoms with E-state index in [1.165, 1.54) is 0 Å². The summed E-state index contributed by atoms with van der Waals surface area (Å²) in [6, 6.07) is 0. The topological polar surface area (TPSA) is 58.9 Å². The molecule has 1 saturated heterocycles. The molecule has 1 fully saturated rings. The van der Waals surface area contributed by atoms with Crippen molar-refractivity contribution >= 4 is 0 Å². The standard InChI is InChI=1S/C17H32O4/c1-5-13(3)7-15-8-16(14(4)6-2)21-12-17(9-18,10-19)11-20-15/h6,13-16,18-19H,2,5,7-12H2,1,3-4H3. The minimum absolute atomic E-state index is 0.0225. The first-order chi connectivity index (χ1) is 10.00. The van der Waals surface area contributed by atoms with E-state index < -0.39 is 5.41 Å². The molecular weight excluding hydrogens is 268 g/mol. The summed E-state index contributed by atoms with van der Waals surface area (Å²) in [5.74, 6) is 0.813. The Kier molecular flexibility index (Phi) is 7.88. The number of hydrogen-bond acceptors (Lipinski definition) is 4. The van der Waals surface area contributed by atoms with E-state index >= 15 is 0 Å². The molecule has 124 valence electrons. The van der Waals surface area contributed by atoms with Gasteiger partial charge in [0.1, 0.15) is 0 Å². The Labute approximate surface area is 129 Å². The van der Waals surface area contributed by atoms with E-state index in [4.69, 9.17) is 9.47 Å². The molecule has 4 heteroatoms. The zero-order valence-corrected chi connectivity index (χ0v) is 13.8. The fourth-order valence-corrected chi connectivity index (χ4v) is 2.55. The van der Waals surface area contributed by atoms with Crippen molar-refractivity contribution in [1.82, 2.24) is 0 Å². The van der Waals surface area contributed by atoms with E-state index in [9.17, 15) is 10.2 Å². The second-order valence-corrected chi connectivity index (χ2v) is 6.68. The summed E-state index contributed by atoms with van der Waals surface area (Å²) in [6.45, 7) is 10.7. The zero-order chi connectivity index (χ0) is 15.9. The molecule has 4 atom stereocenters. The first-order valence-corrected chi connectivity index (χ1v) is 8.07. The SMILES string of the molecule is C=CC(C)C1CC(CC(C)CC)OCC(CO)(CO)CO1. The lowest BCUT2D eigenvalue weighted by molar-refractivity contribution is -0.153. The van der Waals surface area contributed by atoms with E-state index in [1.54, 1.807) is 0 Å². The third-order valence-corrected chi connectivity index (χ3v) is 4.72. The van der Waals surface area contributed by atoms with Crippen molar-refractivity contribution in [2.75, 3.05) is 26.4 Å². The highest BCUT2D eigenvalue weighted by Crippen LogP contribution is 2.29. The molecule has 1 aliphatic rings. The molecule has 0 radical (unpaired) electrons. The van der Waals surface area contributed by atoms with Crippen molar-refractivity contribution in [1.29, 1.82) is 0 Å². The Morgan fingerprint density at radius 1 is 1.24 bits per heavy atom. The fourth-order valence-electron chi connectivity index (χ4n) is 2.55. The van der Waals surface area contributed by atoms with Crippen LogP contribution in [0.1, 0.15) is 40.0 Å². The summed E-state index contributed by atoms with van der Waals surface area (Å²) in [5, 5.41) is 19.2. The maximum atomic E-state index is 9.61. The highest BCUT2D eigenvalue weighted by atomic mass is 16.5. The average molecular weight is 300 g/mol. The van der Waals surface area contributed by atoms with Gasteiger partial charge in [0.2, 0.25) is 0 Å². The Morgan fingerprint density at radius 3 is 2.38 bits per heavy atom. The maximum absolute atomic E-state index is 9.61. The number of aliphatic hydroxyl groups excluding tert-OH is 2. The van der Waals surface area contributed by atoms with E-state index in [0.717, 1.165) is 19.3 Å². The van der Waals surface area contributed by atoms with Crippen LogP contribution in [0.25, 0.3) is 0 Å². The summed E-state index contributed by atoms with van der Waals surface area (Å²) >= 11 is 0. The van der Waals surface area contributed by atoms with Crippen molar-refractivity contribution in [2.45, 2.75) is 52.2 Å². The summed E-state index contributed by atoms with van der Waals surface area (Å²) in [5.41, 5.74) is -0.701. The minimum Gasteiger partial charge on any atom is -0.396 e. The fraction of sp³-hybridized carbons (Fsp3) is 0.882. The van der Waals surface area contributed by atoms with Crippen LogP contribution in [-0.4, -0.2) is 48.8 Å². The summed E-state index contributed by atoms with van der Waals surface area (Å²) < 4.78 is 12.1. The predicted octanol–water partition coefficient (Wildman–Crippen LogP) is 2.39. The van der Waals surface area contributed by atoms with Gasteiger partial charge in [0.15, 0.2) is 0 Å². The van der Waals surface area contributed by atoms with Gasteiger partial charge < -0.3 is 19.7 Å². The van der Waals surface area contributed by atoms with Gasteiger partial charge in [0, 0.05) is 12.3 Å². The lowest BCUT2D eigenvalue weighted by atomic mass is 9.88. The molecule has 0 aliphatic carbocycles. The average Bonchev–Trinajstić information content (AvgIpc) is 2.50. The molecule has 0 aromatic heterocycles. The van der Waals surface area contributed by atoms with E-state index in [-0.39, 0.29) is 31.3 Å². The van der Waals surface area contributed by atoms with Crippen LogP contribution in [0.2, 0.25) is 0 Å². The molecular formula is C17H32O4. The Balaban J connectivity index is 2.82. The summed E-state index contributed by atoms with van der Waals surface area (Å²) in [6.07, 6.45) is 4.96. The van der Waals surface area contributed by atoms with E-state index in [1.807, 2.05) is 6.08 Å². The molecule has 1 aliphatic heterocycles. The third-order valence-electron chi connectivity index (χ3n) is 4.72. The largest absolute Gasteiger partial charge is 0.396 e. The van der Waals surface area contributed by atoms with Crippen molar-refractivity contribution < 1.29 is 19.7 Å². The van der Waals surface area contributed by atoms with Gasteiger partial charge in [-0.2, -0.15) is 0 Å². The normalized spacial score (nSPS) is 29.2. The van der Waals surface area contributed by atoms with Crippen LogP contribution in [-0.2, 0) is 9.47 Å². The number of ether oxygens (including phenoxy) is 2. The summed E-state index contributed by atoms with van der Waals surface area (Å²) in [4.78, 5) is 0. The van der Waals surface area contributed by atoms with Crippen LogP contribution in [0.3, 0.4) is 0 Å². The van der Waals surface area contributed by atoms with E-state index in [2.05, 4.69) is 27.4 Å². The van der Waals surface area contributed by atoms with Gasteiger partial charge in [0.25, 0.3) is 0 Å². The van der Waals surface area contributed by atoms with Crippen LogP contribution in [0, 0.1) is 17.3 Å². The van der Waals surface area contributed by atoms with Gasteiger partial charge in [-0.3, -0.25) is 0 Å². The quantitative estimate of drug-likeness (QED) is 0.709. The number of aliphatic hydroxyl groups is 2. The zero-order valence-electron chi connectivity index (χ0n) is 13.8. The molecule has 21 heavy (non-hydrogen) atoms. The van der Waals surface area contributed by atoms with Crippen LogP contribution in [0.15, 0.2) is 12.7 Å². The molecule has 0 aromatic carbocycles. The van der Waals surface area contributed by atoms with Crippen molar-refractivity contribution in [3.63, 3.8) is 0 Å². The molecule has 1 heterocycles. The predicted molar refractivity (Wildman–Crippen MR) is 84.1 cm³/mol. The van der Waals surface area contributed by atoms with Crippen molar-refractivity contribution in [2.24, 2.45) is 17.3 Å². The molecule has 1 rings (SSSR count). The van der Waals surface area contributed by atoms with Crippen molar-refractivity contribution in [3.8, 4) is 0 Å². The smallest absolute Gasteiger partial charge is 0.0659 e. The third kappa shape index (κ3) is 5.37. The Hall–Kier alpha value is -0.420. The highest BCUT2D eigenvalue weighted by molar-refractivity contribution is 4.88. The molecule has 4 unspecified atom stereocenters. The van der Waals surface area contributed by atoms with Gasteiger partial charge >= 0.3 is 0 Å². The number of rotatable bonds is 7. The van der Waals surface area contributed by atoms with Gasteiger partial charge in [-0.25, -0.2) is 0 Å². The van der Waals surface area contributed by atoms with Gasteiger partial charge in [-0.1, -0.05) is 33.3 Å². The van der Waals surface area contributed by atoms with Gasteiger partial charge in [-0.05, 0) is 12.3 Å². The molecule has 0 amide bonds. The monoisotopic (exact) mass is 300 g/mol. The maximum Gasteiger partial charge on any atom is 0.0659 e. The van der Waals surface area contributed by atoms with Crippen LogP contribution >= 0.6 is 0 Å². The van der Waals surface area contributed by atoms with Gasteiger partial charge in [0.05, 0.1) is 44.1 Å². The molecule has 4 nitrogen and oxygen atoms in total. The van der Waals surface area contributed by atoms with Crippen molar-refractivity contribution in [3.05, 3.63) is 12.7 Å². The second-order valence-electron chi connectivity index (χ2n) is 6.68. The lowest BCUT2D eigenvalue weighted by Gasteiger charge is -2.38. The first kappa shape index (κ1) is 18.6. The first-order valence-electron chi connectivity index (χ1n) is 8.07. The van der Waals surface area contributed by atoms with Crippen LogP contribution in [0.5, 0.6) is 0 Å². The second kappa shape index (κ2) is 8.89. The highest BCUT2D eigenvalue weighted by Gasteiger charge is 2.36. The van der Waals surface area contributed by atoms with E-state index in [0.29, 0.717) is 19.1 Å². The summed E-state index contributed by atoms with van der Waals surface area (Å²) in [7, 11) is 0. The van der Waals surface area contributed by atoms with Gasteiger partial charge in [-0.15, -0.1) is 6.58 Å². The molecule has 0 saturated carbocycles. The molecule has 0 spiro atoms. The molecule has 0 aromatic rings. The molecule has 0 bridgehead atoms. The Morgan fingerprint density at radius 2 is 1.86 bits per heavy atom. The molecule has 2 N–H and O–H groups in total.